The van der Waals surface area contributed by atoms with Gasteiger partial charge >= 0.3 is 0 Å². The van der Waals surface area contributed by atoms with Crippen molar-refractivity contribution in [3.63, 3.8) is 0 Å². The molecule has 0 aliphatic carbocycles. The van der Waals surface area contributed by atoms with E-state index in [4.69, 9.17) is 17.3 Å². The predicted molar refractivity (Wildman–Crippen MR) is 66.4 cm³/mol. The molecule has 0 amide bonds. The number of aliphatic hydroxyl groups excluding tert-OH is 1. The van der Waals surface area contributed by atoms with E-state index in [1.54, 1.807) is 13.8 Å². The van der Waals surface area contributed by atoms with E-state index in [-0.39, 0.29) is 28.9 Å². The number of aliphatic hydroxyl groups is 1. The van der Waals surface area contributed by atoms with Gasteiger partial charge in [-0.1, -0.05) is 25.4 Å². The molecular formula is C11H15Cl2F2NO. The van der Waals surface area contributed by atoms with E-state index in [1.165, 1.54) is 0 Å². The Morgan fingerprint density at radius 3 is 2.18 bits per heavy atom. The van der Waals surface area contributed by atoms with E-state index >= 15 is 0 Å². The minimum Gasteiger partial charge on any atom is -0.391 e. The summed E-state index contributed by atoms with van der Waals surface area (Å²) >= 11 is 5.64. The molecule has 0 saturated carbocycles. The van der Waals surface area contributed by atoms with Crippen molar-refractivity contribution in [2.75, 3.05) is 0 Å². The molecule has 17 heavy (non-hydrogen) atoms. The summed E-state index contributed by atoms with van der Waals surface area (Å²) in [7, 11) is 0. The first-order valence-corrected chi connectivity index (χ1v) is 5.31. The molecule has 2 nitrogen and oxygen atoms in total. The fraction of sp³-hybridized carbons (Fsp3) is 0.455. The lowest BCUT2D eigenvalue weighted by Gasteiger charge is -2.23. The molecule has 3 N–H and O–H groups in total. The molecule has 0 aliphatic rings. The molecule has 0 aromatic heterocycles. The molecular weight excluding hydrogens is 271 g/mol. The van der Waals surface area contributed by atoms with E-state index in [9.17, 15) is 13.9 Å². The van der Waals surface area contributed by atoms with Crippen molar-refractivity contribution in [2.24, 2.45) is 11.7 Å². The zero-order valence-corrected chi connectivity index (χ0v) is 11.0. The van der Waals surface area contributed by atoms with Gasteiger partial charge in [0.1, 0.15) is 11.6 Å². The second-order valence-electron chi connectivity index (χ2n) is 4.02. The molecule has 98 valence electrons. The van der Waals surface area contributed by atoms with E-state index in [1.807, 2.05) is 0 Å². The number of benzene rings is 1. The van der Waals surface area contributed by atoms with Crippen LogP contribution in [0.4, 0.5) is 8.78 Å². The molecule has 0 bridgehead atoms. The number of rotatable bonds is 3. The van der Waals surface area contributed by atoms with Crippen LogP contribution in [-0.4, -0.2) is 11.2 Å². The Morgan fingerprint density at radius 2 is 1.71 bits per heavy atom. The molecule has 2 atom stereocenters. The zero-order valence-electron chi connectivity index (χ0n) is 9.45. The first kappa shape index (κ1) is 16.6. The van der Waals surface area contributed by atoms with Gasteiger partial charge in [-0.15, -0.1) is 12.4 Å². The first-order valence-electron chi connectivity index (χ1n) is 4.93. The van der Waals surface area contributed by atoms with E-state index in [0.29, 0.717) is 0 Å². The monoisotopic (exact) mass is 285 g/mol. The zero-order chi connectivity index (χ0) is 12.5. The fourth-order valence-electron chi connectivity index (χ4n) is 1.43. The summed E-state index contributed by atoms with van der Waals surface area (Å²) in [4.78, 5) is 0. The van der Waals surface area contributed by atoms with Crippen LogP contribution in [0.15, 0.2) is 12.1 Å². The summed E-state index contributed by atoms with van der Waals surface area (Å²) in [5.74, 6) is -1.63. The lowest BCUT2D eigenvalue weighted by atomic mass is 9.94. The lowest BCUT2D eigenvalue weighted by Crippen LogP contribution is -2.31. The third-order valence-corrected chi connectivity index (χ3v) is 2.85. The molecule has 0 fully saturated rings. The van der Waals surface area contributed by atoms with Gasteiger partial charge in [0.15, 0.2) is 0 Å². The summed E-state index contributed by atoms with van der Waals surface area (Å²) in [6, 6.07) is 0.835. The van der Waals surface area contributed by atoms with Crippen LogP contribution in [0.25, 0.3) is 0 Å². The molecule has 1 rings (SSSR count). The van der Waals surface area contributed by atoms with Crippen LogP contribution in [0, 0.1) is 17.6 Å². The highest BCUT2D eigenvalue weighted by atomic mass is 35.5. The summed E-state index contributed by atoms with van der Waals surface area (Å²) in [5.41, 5.74) is 5.49. The van der Waals surface area contributed by atoms with Crippen molar-refractivity contribution in [1.82, 2.24) is 0 Å². The van der Waals surface area contributed by atoms with Crippen LogP contribution >= 0.6 is 24.0 Å². The Hall–Kier alpha value is -0.420. The second kappa shape index (κ2) is 6.50. The highest BCUT2D eigenvalue weighted by Crippen LogP contribution is 2.30. The molecule has 0 aliphatic heterocycles. The van der Waals surface area contributed by atoms with Gasteiger partial charge in [-0.25, -0.2) is 8.78 Å². The van der Waals surface area contributed by atoms with Crippen LogP contribution in [0.2, 0.25) is 5.02 Å². The van der Waals surface area contributed by atoms with E-state index in [0.717, 1.165) is 12.1 Å². The molecule has 0 spiro atoms. The Labute approximate surface area is 110 Å². The standard InChI is InChI=1S/C11H14ClF2NO.ClH/c1-5(2)11(16)10(15)8-6(13)3-4-7(14)9(8)12;/h3-5,10-11,16H,15H2,1-2H3;1H/t10-,11+;/m0./s1. The minimum absolute atomic E-state index is 0. The van der Waals surface area contributed by atoms with Crippen molar-refractivity contribution < 1.29 is 13.9 Å². The molecule has 0 heterocycles. The van der Waals surface area contributed by atoms with Crippen molar-refractivity contribution in [3.05, 3.63) is 34.4 Å². The van der Waals surface area contributed by atoms with Crippen molar-refractivity contribution in [2.45, 2.75) is 26.0 Å². The van der Waals surface area contributed by atoms with Crippen molar-refractivity contribution in [3.8, 4) is 0 Å². The number of nitrogens with two attached hydrogens (primary N) is 1. The fourth-order valence-corrected chi connectivity index (χ4v) is 1.71. The molecule has 6 heteroatoms. The largest absolute Gasteiger partial charge is 0.391 e. The van der Waals surface area contributed by atoms with Crippen LogP contribution in [-0.2, 0) is 0 Å². The Kier molecular flexibility index (Phi) is 6.34. The molecule has 1 aromatic rings. The molecule has 0 unspecified atom stereocenters. The summed E-state index contributed by atoms with van der Waals surface area (Å²) in [6.07, 6.45) is -0.978. The van der Waals surface area contributed by atoms with Crippen LogP contribution < -0.4 is 5.73 Å². The topological polar surface area (TPSA) is 46.2 Å². The van der Waals surface area contributed by atoms with E-state index in [2.05, 4.69) is 0 Å². The Balaban J connectivity index is 0.00000256. The first-order chi connectivity index (χ1) is 7.36. The molecule has 0 radical (unpaired) electrons. The maximum atomic E-state index is 13.5. The van der Waals surface area contributed by atoms with Gasteiger partial charge in [0.25, 0.3) is 0 Å². The van der Waals surface area contributed by atoms with Gasteiger partial charge in [-0.2, -0.15) is 0 Å². The van der Waals surface area contributed by atoms with Crippen LogP contribution in [0.5, 0.6) is 0 Å². The summed E-state index contributed by atoms with van der Waals surface area (Å²) in [5, 5.41) is 9.35. The Morgan fingerprint density at radius 1 is 1.24 bits per heavy atom. The van der Waals surface area contributed by atoms with Gasteiger partial charge in [-0.3, -0.25) is 0 Å². The van der Waals surface area contributed by atoms with Gasteiger partial charge < -0.3 is 10.8 Å². The molecule has 0 saturated heterocycles. The van der Waals surface area contributed by atoms with Gasteiger partial charge in [0.05, 0.1) is 17.2 Å². The number of halogens is 4. The van der Waals surface area contributed by atoms with Gasteiger partial charge in [0, 0.05) is 5.56 Å². The van der Waals surface area contributed by atoms with Crippen molar-refractivity contribution >= 4 is 24.0 Å². The quantitative estimate of drug-likeness (QED) is 0.839. The lowest BCUT2D eigenvalue weighted by molar-refractivity contribution is 0.0965. The molecule has 1 aromatic carbocycles. The van der Waals surface area contributed by atoms with Crippen LogP contribution in [0.1, 0.15) is 25.5 Å². The van der Waals surface area contributed by atoms with Gasteiger partial charge in [0.2, 0.25) is 0 Å². The summed E-state index contributed by atoms with van der Waals surface area (Å²) < 4.78 is 26.6. The Bertz CT molecular complexity index is 388. The predicted octanol–water partition coefficient (Wildman–Crippen LogP) is 3.06. The normalized spacial score (nSPS) is 14.4. The van der Waals surface area contributed by atoms with E-state index < -0.39 is 23.8 Å². The number of hydrogen-bond acceptors (Lipinski definition) is 2. The highest BCUT2D eigenvalue weighted by Gasteiger charge is 2.26. The van der Waals surface area contributed by atoms with Gasteiger partial charge in [-0.05, 0) is 18.1 Å². The average molecular weight is 286 g/mol. The van der Waals surface area contributed by atoms with Crippen LogP contribution in [0.3, 0.4) is 0 Å². The maximum absolute atomic E-state index is 13.5. The third-order valence-electron chi connectivity index (χ3n) is 2.46. The highest BCUT2D eigenvalue weighted by molar-refractivity contribution is 6.31. The minimum atomic E-state index is -1.04. The average Bonchev–Trinajstić information content (AvgIpc) is 2.22. The van der Waals surface area contributed by atoms with Crippen molar-refractivity contribution in [1.29, 1.82) is 0 Å². The third kappa shape index (κ3) is 3.52. The second-order valence-corrected chi connectivity index (χ2v) is 4.40. The summed E-state index contributed by atoms with van der Waals surface area (Å²) in [6.45, 7) is 3.46. The number of hydrogen-bond donors (Lipinski definition) is 2. The smallest absolute Gasteiger partial charge is 0.142 e. The maximum Gasteiger partial charge on any atom is 0.142 e. The SMILES string of the molecule is CC(C)[C@@H](O)[C@@H](N)c1c(F)ccc(F)c1Cl.Cl.